The average Bonchev–Trinajstić information content (AvgIpc) is 2.91. The van der Waals surface area contributed by atoms with Crippen LogP contribution in [0.15, 0.2) is 33.7 Å². The normalized spacial score (nSPS) is 11.2. The molecule has 0 unspecified atom stereocenters. The van der Waals surface area contributed by atoms with Crippen LogP contribution in [0, 0.1) is 0 Å². The van der Waals surface area contributed by atoms with E-state index < -0.39 is 0 Å². The molecule has 22 heavy (non-hydrogen) atoms. The van der Waals surface area contributed by atoms with E-state index in [-0.39, 0.29) is 11.7 Å². The number of anilines is 1. The number of carbonyl (C=O) groups excluding carboxylic acids is 1. The molecule has 1 aromatic carbocycles. The average molecular weight is 335 g/mol. The molecule has 0 saturated heterocycles. The molecule has 1 heterocycles. The molecule has 0 aliphatic heterocycles. The topological polar surface area (TPSA) is 93.3 Å². The van der Waals surface area contributed by atoms with Gasteiger partial charge >= 0.3 is 0 Å². The van der Waals surface area contributed by atoms with Gasteiger partial charge in [0.1, 0.15) is 0 Å². The predicted molar refractivity (Wildman–Crippen MR) is 91.3 cm³/mol. The molecular weight excluding hydrogens is 318 g/mol. The first-order valence-electron chi connectivity index (χ1n) is 6.68. The maximum atomic E-state index is 11.6. The first kappa shape index (κ1) is 16.4. The number of rotatable bonds is 6. The van der Waals surface area contributed by atoms with Crippen molar-refractivity contribution in [1.82, 2.24) is 15.6 Å². The number of aromatic nitrogens is 2. The van der Waals surface area contributed by atoms with E-state index in [0.717, 1.165) is 5.56 Å². The lowest BCUT2D eigenvalue weighted by atomic mass is 10.0. The highest BCUT2D eigenvalue weighted by atomic mass is 32.2. The lowest BCUT2D eigenvalue weighted by Crippen LogP contribution is -2.19. The minimum atomic E-state index is -0.200. The second-order valence-electron chi connectivity index (χ2n) is 4.81. The van der Waals surface area contributed by atoms with Crippen molar-refractivity contribution in [1.29, 1.82) is 0 Å². The van der Waals surface area contributed by atoms with E-state index in [2.05, 4.69) is 46.7 Å². The maximum Gasteiger partial charge on any atom is 0.250 e. The summed E-state index contributed by atoms with van der Waals surface area (Å²) in [5.74, 6) is 0.518. The Kier molecular flexibility index (Phi) is 5.91. The van der Waals surface area contributed by atoms with Crippen molar-refractivity contribution in [3.8, 4) is 0 Å². The van der Waals surface area contributed by atoms with Crippen LogP contribution in [0.3, 0.4) is 0 Å². The van der Waals surface area contributed by atoms with E-state index in [9.17, 15) is 4.79 Å². The Hall–Kier alpha value is -1.93. The van der Waals surface area contributed by atoms with Crippen molar-refractivity contribution >= 4 is 40.4 Å². The number of benzene rings is 1. The Morgan fingerprint density at radius 3 is 2.73 bits per heavy atom. The molecule has 6 nitrogen and oxygen atoms in total. The summed E-state index contributed by atoms with van der Waals surface area (Å²) in [4.78, 5) is 11.6. The van der Waals surface area contributed by atoms with Crippen molar-refractivity contribution in [2.75, 3.05) is 11.5 Å². The zero-order valence-electron chi connectivity index (χ0n) is 12.3. The fraction of sp³-hybridized carbons (Fsp3) is 0.286. The molecule has 0 spiro atoms. The lowest BCUT2D eigenvalue weighted by Gasteiger charge is -2.04. The van der Waals surface area contributed by atoms with Gasteiger partial charge in [0, 0.05) is 0 Å². The summed E-state index contributed by atoms with van der Waals surface area (Å²) in [6.07, 6.45) is 1.62. The largest absolute Gasteiger partial charge is 0.374 e. The van der Waals surface area contributed by atoms with Crippen LogP contribution in [0.5, 0.6) is 0 Å². The molecule has 0 atom stereocenters. The van der Waals surface area contributed by atoms with Gasteiger partial charge in [0.15, 0.2) is 4.34 Å². The van der Waals surface area contributed by atoms with Crippen molar-refractivity contribution in [3.05, 3.63) is 35.4 Å². The van der Waals surface area contributed by atoms with Crippen LogP contribution < -0.4 is 11.2 Å². The van der Waals surface area contributed by atoms with Crippen LogP contribution in [-0.4, -0.2) is 28.1 Å². The Bertz CT molecular complexity index is 652. The molecule has 116 valence electrons. The van der Waals surface area contributed by atoms with Crippen molar-refractivity contribution in [3.63, 3.8) is 0 Å². The van der Waals surface area contributed by atoms with E-state index in [1.54, 1.807) is 6.21 Å². The van der Waals surface area contributed by atoms with E-state index in [1.807, 2.05) is 12.1 Å². The van der Waals surface area contributed by atoms with Gasteiger partial charge in [-0.05, 0) is 17.0 Å². The lowest BCUT2D eigenvalue weighted by molar-refractivity contribution is -0.118. The van der Waals surface area contributed by atoms with Crippen LogP contribution in [0.1, 0.15) is 30.9 Å². The van der Waals surface area contributed by atoms with Crippen LogP contribution in [0.2, 0.25) is 0 Å². The number of amides is 1. The molecule has 0 saturated carbocycles. The van der Waals surface area contributed by atoms with Gasteiger partial charge in [0.05, 0.1) is 12.0 Å². The summed E-state index contributed by atoms with van der Waals surface area (Å²) >= 11 is 2.53. The number of hydrogen-bond acceptors (Lipinski definition) is 7. The third-order valence-electron chi connectivity index (χ3n) is 2.75. The molecule has 0 fully saturated rings. The number of nitrogens with zero attached hydrogens (tertiary/aromatic N) is 3. The van der Waals surface area contributed by atoms with Gasteiger partial charge in [-0.15, -0.1) is 10.2 Å². The third-order valence-corrected chi connectivity index (χ3v) is 4.64. The zero-order valence-corrected chi connectivity index (χ0v) is 13.9. The van der Waals surface area contributed by atoms with Gasteiger partial charge < -0.3 is 5.73 Å². The van der Waals surface area contributed by atoms with Gasteiger partial charge in [-0.25, -0.2) is 5.43 Å². The van der Waals surface area contributed by atoms with Gasteiger partial charge in [0.2, 0.25) is 5.13 Å². The highest BCUT2D eigenvalue weighted by molar-refractivity contribution is 8.01. The van der Waals surface area contributed by atoms with Gasteiger partial charge in [-0.2, -0.15) is 5.10 Å². The van der Waals surface area contributed by atoms with Crippen molar-refractivity contribution < 1.29 is 4.79 Å². The van der Waals surface area contributed by atoms with Crippen LogP contribution in [0.25, 0.3) is 0 Å². The summed E-state index contributed by atoms with van der Waals surface area (Å²) in [5, 5.41) is 11.8. The fourth-order valence-corrected chi connectivity index (χ4v) is 3.01. The quantitative estimate of drug-likeness (QED) is 0.480. The molecule has 0 aliphatic rings. The molecular formula is C14H17N5OS2. The summed E-state index contributed by atoms with van der Waals surface area (Å²) in [6.45, 7) is 4.29. The first-order valence-corrected chi connectivity index (χ1v) is 8.48. The van der Waals surface area contributed by atoms with Gasteiger partial charge in [-0.3, -0.25) is 4.79 Å². The molecule has 2 aromatic rings. The van der Waals surface area contributed by atoms with Crippen LogP contribution >= 0.6 is 23.1 Å². The molecule has 1 amide bonds. The number of nitrogens with one attached hydrogen (secondary N) is 1. The highest BCUT2D eigenvalue weighted by Gasteiger charge is 2.05. The summed E-state index contributed by atoms with van der Waals surface area (Å²) in [6, 6.07) is 8.07. The van der Waals surface area contributed by atoms with E-state index in [0.29, 0.717) is 15.4 Å². The third kappa shape index (κ3) is 5.12. The Balaban J connectivity index is 1.77. The molecule has 0 bridgehead atoms. The molecule has 2 rings (SSSR count). The number of carbonyl (C=O) groups is 1. The second-order valence-corrected chi connectivity index (χ2v) is 7.04. The smallest absolute Gasteiger partial charge is 0.250 e. The summed E-state index contributed by atoms with van der Waals surface area (Å²) in [5.41, 5.74) is 10.2. The minimum absolute atomic E-state index is 0.200. The molecule has 0 aliphatic carbocycles. The second kappa shape index (κ2) is 7.90. The highest BCUT2D eigenvalue weighted by Crippen LogP contribution is 2.22. The number of hydrogen-bond donors (Lipinski definition) is 2. The summed E-state index contributed by atoms with van der Waals surface area (Å²) < 4.78 is 0.668. The first-order chi connectivity index (χ1) is 10.5. The Morgan fingerprint density at radius 2 is 2.14 bits per heavy atom. The maximum absolute atomic E-state index is 11.6. The fourth-order valence-electron chi connectivity index (χ4n) is 1.58. The Morgan fingerprint density at radius 1 is 1.41 bits per heavy atom. The number of thioether (sulfide) groups is 1. The van der Waals surface area contributed by atoms with Gasteiger partial charge in [-0.1, -0.05) is 61.2 Å². The number of nitrogens with two attached hydrogens (primary N) is 1. The number of nitrogen functional groups attached to an aromatic ring is 1. The zero-order chi connectivity index (χ0) is 15.9. The van der Waals surface area contributed by atoms with Crippen molar-refractivity contribution in [2.45, 2.75) is 24.1 Å². The van der Waals surface area contributed by atoms with E-state index >= 15 is 0 Å². The summed E-state index contributed by atoms with van der Waals surface area (Å²) in [7, 11) is 0. The number of hydrazone groups is 1. The van der Waals surface area contributed by atoms with Crippen LogP contribution in [0.4, 0.5) is 5.13 Å². The van der Waals surface area contributed by atoms with E-state index in [4.69, 9.17) is 5.73 Å². The Labute approximate surface area is 137 Å². The van der Waals surface area contributed by atoms with Crippen LogP contribution in [-0.2, 0) is 4.79 Å². The minimum Gasteiger partial charge on any atom is -0.374 e. The molecule has 3 N–H and O–H groups in total. The molecule has 0 radical (unpaired) electrons. The molecule has 8 heteroatoms. The SMILES string of the molecule is CC(C)c1ccc(C=NNC(=O)CSc2nnc(N)s2)cc1. The standard InChI is InChI=1S/C14H17N5OS2/c1-9(2)11-5-3-10(4-6-11)7-16-17-12(20)8-21-14-19-18-13(15)22-14/h3-7,9H,8H2,1-2H3,(H2,15,18)(H,17,20). The monoisotopic (exact) mass is 335 g/mol. The van der Waals surface area contributed by atoms with E-state index in [1.165, 1.54) is 28.7 Å². The predicted octanol–water partition coefficient (Wildman–Crippen LogP) is 2.49. The van der Waals surface area contributed by atoms with Crippen molar-refractivity contribution in [2.24, 2.45) is 5.10 Å². The van der Waals surface area contributed by atoms with Gasteiger partial charge in [0.25, 0.3) is 5.91 Å². The molecule has 1 aromatic heterocycles.